The molecule has 38 heavy (non-hydrogen) atoms. The lowest BCUT2D eigenvalue weighted by atomic mass is 9.99. The molecule has 11 nitrogen and oxygen atoms in total. The molecule has 3 fully saturated rings. The summed E-state index contributed by atoms with van der Waals surface area (Å²) in [5, 5.41) is 15.2. The molecule has 0 spiro atoms. The van der Waals surface area contributed by atoms with E-state index in [0.29, 0.717) is 11.6 Å². The molecule has 0 amide bonds. The number of rotatable bonds is 8. The summed E-state index contributed by atoms with van der Waals surface area (Å²) in [5.74, 6) is 2.28. The Bertz CT molecular complexity index is 1390. The van der Waals surface area contributed by atoms with E-state index >= 15 is 0 Å². The van der Waals surface area contributed by atoms with E-state index in [1.165, 1.54) is 0 Å². The molecule has 6 heterocycles. The Morgan fingerprint density at radius 1 is 1.08 bits per heavy atom. The predicted octanol–water partition coefficient (Wildman–Crippen LogP) is 2.99. The van der Waals surface area contributed by atoms with E-state index in [4.69, 9.17) is 14.7 Å². The monoisotopic (exact) mass is 540 g/mol. The van der Waals surface area contributed by atoms with Crippen LogP contribution in [0.15, 0.2) is 24.3 Å². The van der Waals surface area contributed by atoms with Crippen molar-refractivity contribution in [3.05, 3.63) is 35.7 Å². The van der Waals surface area contributed by atoms with Crippen LogP contribution in [0.5, 0.6) is 0 Å². The largest absolute Gasteiger partial charge is 0.379 e. The molecule has 0 aromatic carbocycles. The van der Waals surface area contributed by atoms with Crippen molar-refractivity contribution in [1.82, 2.24) is 29.4 Å². The van der Waals surface area contributed by atoms with Gasteiger partial charge in [0.15, 0.2) is 5.82 Å². The van der Waals surface area contributed by atoms with Crippen LogP contribution < -0.4 is 10.6 Å². The third-order valence-corrected chi connectivity index (χ3v) is 9.86. The number of ether oxygens (including phenoxy) is 1. The summed E-state index contributed by atoms with van der Waals surface area (Å²) < 4.78 is 32.7. The van der Waals surface area contributed by atoms with Gasteiger partial charge in [0.25, 0.3) is 0 Å². The molecule has 3 saturated heterocycles. The van der Waals surface area contributed by atoms with Crippen LogP contribution in [0, 0.1) is 6.92 Å². The zero-order valence-electron chi connectivity index (χ0n) is 22.0. The maximum Gasteiger partial charge on any atom is 0.214 e. The quantitative estimate of drug-likeness (QED) is 0.395. The number of hydrogen-bond donors (Lipinski definition) is 3. The highest BCUT2D eigenvalue weighted by Gasteiger charge is 2.46. The van der Waals surface area contributed by atoms with Crippen molar-refractivity contribution in [2.45, 2.75) is 64.2 Å². The number of nitrogens with one attached hydrogen (secondary N) is 3. The summed E-state index contributed by atoms with van der Waals surface area (Å²) >= 11 is 0. The molecule has 3 atom stereocenters. The van der Waals surface area contributed by atoms with Gasteiger partial charge in [0, 0.05) is 61.0 Å². The summed E-state index contributed by atoms with van der Waals surface area (Å²) in [7, 11) is -3.20. The van der Waals surface area contributed by atoms with E-state index < -0.39 is 10.0 Å². The molecule has 0 aliphatic carbocycles. The molecule has 3 aromatic rings. The summed E-state index contributed by atoms with van der Waals surface area (Å²) in [6.45, 7) is 7.78. The summed E-state index contributed by atoms with van der Waals surface area (Å²) in [6, 6.07) is 8.32. The van der Waals surface area contributed by atoms with E-state index in [2.05, 4.69) is 37.9 Å². The van der Waals surface area contributed by atoms with Gasteiger partial charge in [-0.25, -0.2) is 13.4 Å². The minimum atomic E-state index is -3.20. The summed E-state index contributed by atoms with van der Waals surface area (Å²) in [5.41, 5.74) is 2.83. The lowest BCUT2D eigenvalue weighted by Gasteiger charge is -2.38. The highest BCUT2D eigenvalue weighted by Crippen LogP contribution is 2.39. The average molecular weight is 541 g/mol. The van der Waals surface area contributed by atoms with Gasteiger partial charge in [-0.3, -0.25) is 15.0 Å². The number of aromatic amines is 1. The molecular weight excluding hydrogens is 504 g/mol. The molecule has 0 radical (unpaired) electrons. The predicted molar refractivity (Wildman–Crippen MR) is 147 cm³/mol. The van der Waals surface area contributed by atoms with Crippen LogP contribution in [0.4, 0.5) is 17.5 Å². The molecular formula is C26H36N8O3S. The fourth-order valence-electron chi connectivity index (χ4n) is 6.08. The molecule has 1 unspecified atom stereocenters. The molecule has 12 heteroatoms. The van der Waals surface area contributed by atoms with Gasteiger partial charge in [-0.05, 0) is 51.7 Å². The standard InChI is InChI=1S/C26H36N8O3S/c1-3-38(35,36)34-20-5-6-21(34)14-19(13-20)28-26-22-7-4-18(16-33-8-10-37-11-9-33)27-23(22)15-24(30-26)29-25-12-17(2)31-32-25/h4,7,12,15,19-21H,3,5-6,8-11,13-14,16H2,1-2H3,(H3,28,29,30,31,32)/t19?,20-,21+. The second-order valence-corrected chi connectivity index (χ2v) is 12.8. The number of anilines is 3. The van der Waals surface area contributed by atoms with Crippen molar-refractivity contribution < 1.29 is 13.2 Å². The number of morpholine rings is 1. The molecule has 3 N–H and O–H groups in total. The number of aryl methyl sites for hydroxylation is 1. The van der Waals surface area contributed by atoms with E-state index in [-0.39, 0.29) is 23.9 Å². The Hall–Kier alpha value is -2.80. The van der Waals surface area contributed by atoms with Gasteiger partial charge < -0.3 is 15.4 Å². The van der Waals surface area contributed by atoms with Crippen LogP contribution in [0.25, 0.3) is 10.9 Å². The van der Waals surface area contributed by atoms with Crippen molar-refractivity contribution in [1.29, 1.82) is 0 Å². The summed E-state index contributed by atoms with van der Waals surface area (Å²) in [4.78, 5) is 12.3. The number of H-pyrrole nitrogens is 1. The molecule has 3 aliphatic rings. The number of fused-ring (bicyclic) bond motifs is 3. The zero-order valence-corrected chi connectivity index (χ0v) is 22.8. The fraction of sp³-hybridized carbons (Fsp3) is 0.577. The molecule has 2 bridgehead atoms. The van der Waals surface area contributed by atoms with Crippen LogP contribution in [-0.2, 0) is 21.3 Å². The average Bonchev–Trinajstić information content (AvgIpc) is 3.44. The Kier molecular flexibility index (Phi) is 6.97. The number of hydrogen-bond acceptors (Lipinski definition) is 9. The minimum absolute atomic E-state index is 0.0500. The van der Waals surface area contributed by atoms with Gasteiger partial charge in [-0.2, -0.15) is 9.40 Å². The SMILES string of the molecule is CCS(=O)(=O)N1[C@@H]2CC[C@H]1CC(Nc1nc(Nc3cc(C)[nH]n3)cc3nc(CN4CCOCC4)ccc13)C2. The highest BCUT2D eigenvalue weighted by molar-refractivity contribution is 7.89. The Morgan fingerprint density at radius 2 is 1.84 bits per heavy atom. The van der Waals surface area contributed by atoms with Gasteiger partial charge in [0.2, 0.25) is 10.0 Å². The first-order chi connectivity index (χ1) is 18.4. The van der Waals surface area contributed by atoms with E-state index in [9.17, 15) is 8.42 Å². The Balaban J connectivity index is 1.28. The number of piperidine rings is 1. The Labute approximate surface area is 223 Å². The fourth-order valence-corrected chi connectivity index (χ4v) is 7.67. The third-order valence-electron chi connectivity index (χ3n) is 7.89. The van der Waals surface area contributed by atoms with Crippen LogP contribution in [0.1, 0.15) is 44.0 Å². The summed E-state index contributed by atoms with van der Waals surface area (Å²) in [6.07, 6.45) is 3.39. The van der Waals surface area contributed by atoms with Crippen LogP contribution in [0.2, 0.25) is 0 Å². The van der Waals surface area contributed by atoms with Gasteiger partial charge in [0.05, 0.1) is 30.2 Å². The van der Waals surface area contributed by atoms with Gasteiger partial charge in [-0.15, -0.1) is 0 Å². The van der Waals surface area contributed by atoms with Gasteiger partial charge in [-0.1, -0.05) is 0 Å². The zero-order chi connectivity index (χ0) is 26.3. The lowest BCUT2D eigenvalue weighted by Crippen LogP contribution is -2.50. The normalized spacial score (nSPS) is 24.6. The van der Waals surface area contributed by atoms with Crippen LogP contribution in [0.3, 0.4) is 0 Å². The number of aromatic nitrogens is 4. The van der Waals surface area contributed by atoms with Crippen LogP contribution in [-0.4, -0.2) is 88.0 Å². The van der Waals surface area contributed by atoms with Crippen molar-refractivity contribution >= 4 is 38.4 Å². The van der Waals surface area contributed by atoms with E-state index in [0.717, 1.165) is 86.6 Å². The molecule has 3 aromatic heterocycles. The second-order valence-electron chi connectivity index (χ2n) is 10.6. The second kappa shape index (κ2) is 10.4. The number of sulfonamides is 1. The van der Waals surface area contributed by atoms with Crippen molar-refractivity contribution in [2.24, 2.45) is 0 Å². The van der Waals surface area contributed by atoms with Gasteiger partial charge >= 0.3 is 0 Å². The van der Waals surface area contributed by atoms with Crippen molar-refractivity contribution in [3.63, 3.8) is 0 Å². The number of pyridine rings is 2. The third kappa shape index (κ3) is 5.22. The lowest BCUT2D eigenvalue weighted by molar-refractivity contribution is 0.0337. The smallest absolute Gasteiger partial charge is 0.214 e. The molecule has 0 saturated carbocycles. The molecule has 6 rings (SSSR count). The first-order valence-corrected chi connectivity index (χ1v) is 15.2. The maximum absolute atomic E-state index is 12.7. The van der Waals surface area contributed by atoms with Crippen molar-refractivity contribution in [3.8, 4) is 0 Å². The van der Waals surface area contributed by atoms with Crippen molar-refractivity contribution in [2.75, 3.05) is 42.7 Å². The van der Waals surface area contributed by atoms with Gasteiger partial charge in [0.1, 0.15) is 11.6 Å². The van der Waals surface area contributed by atoms with Crippen LogP contribution >= 0.6 is 0 Å². The first-order valence-electron chi connectivity index (χ1n) is 13.6. The first kappa shape index (κ1) is 25.5. The topological polar surface area (TPSA) is 128 Å². The minimum Gasteiger partial charge on any atom is -0.379 e. The maximum atomic E-state index is 12.7. The molecule has 204 valence electrons. The molecule has 3 aliphatic heterocycles. The number of nitrogens with zero attached hydrogens (tertiary/aromatic N) is 5. The van der Waals surface area contributed by atoms with E-state index in [1.54, 1.807) is 11.2 Å². The Morgan fingerprint density at radius 3 is 2.53 bits per heavy atom. The highest BCUT2D eigenvalue weighted by atomic mass is 32.2. The van der Waals surface area contributed by atoms with E-state index in [1.807, 2.05) is 19.1 Å².